The maximum Gasteiger partial charge on any atom is 0.401 e. The first kappa shape index (κ1) is 20.2. The molecular formula is C18H24F3N3O2. The third kappa shape index (κ3) is 6.01. The van der Waals surface area contributed by atoms with Crippen LogP contribution in [0.5, 0.6) is 0 Å². The summed E-state index contributed by atoms with van der Waals surface area (Å²) < 4.78 is 37.4. The van der Waals surface area contributed by atoms with Crippen LogP contribution in [-0.4, -0.2) is 67.1 Å². The quantitative estimate of drug-likeness (QED) is 0.882. The standard InChI is InChI=1S/C18H24F3N3O2/c1-13-4-5-15(10-14(13)2)17(26)22-11-16(25)24-7-3-6-23(8-9-24)12-18(19,20)21/h4-5,10H,3,6-9,11-12H2,1-2H3,(H,22,26). The predicted octanol–water partition coefficient (Wildman–Crippen LogP) is 2.13. The Kier molecular flexibility index (Phi) is 6.63. The lowest BCUT2D eigenvalue weighted by molar-refractivity contribution is -0.145. The summed E-state index contributed by atoms with van der Waals surface area (Å²) in [6.45, 7) is 3.84. The Balaban J connectivity index is 1.83. The van der Waals surface area contributed by atoms with E-state index >= 15 is 0 Å². The Labute approximate surface area is 151 Å². The minimum Gasteiger partial charge on any atom is -0.343 e. The summed E-state index contributed by atoms with van der Waals surface area (Å²) >= 11 is 0. The first-order valence-electron chi connectivity index (χ1n) is 8.58. The fourth-order valence-electron chi connectivity index (χ4n) is 2.88. The predicted molar refractivity (Wildman–Crippen MR) is 91.9 cm³/mol. The van der Waals surface area contributed by atoms with E-state index in [0.717, 1.165) is 11.1 Å². The van der Waals surface area contributed by atoms with Crippen LogP contribution < -0.4 is 5.32 Å². The number of amides is 2. The smallest absolute Gasteiger partial charge is 0.343 e. The first-order valence-corrected chi connectivity index (χ1v) is 8.58. The summed E-state index contributed by atoms with van der Waals surface area (Å²) in [4.78, 5) is 27.2. The zero-order valence-corrected chi connectivity index (χ0v) is 15.0. The molecule has 0 bridgehead atoms. The molecule has 0 aromatic heterocycles. The van der Waals surface area contributed by atoms with Gasteiger partial charge in [0.05, 0.1) is 13.1 Å². The lowest BCUT2D eigenvalue weighted by Gasteiger charge is -2.23. The van der Waals surface area contributed by atoms with E-state index in [1.54, 1.807) is 12.1 Å². The van der Waals surface area contributed by atoms with Crippen molar-refractivity contribution in [1.82, 2.24) is 15.1 Å². The molecule has 0 atom stereocenters. The number of halogens is 3. The summed E-state index contributed by atoms with van der Waals surface area (Å²) in [6.07, 6.45) is -3.76. The molecule has 1 aromatic rings. The number of nitrogens with zero attached hydrogens (tertiary/aromatic N) is 2. The highest BCUT2D eigenvalue weighted by Crippen LogP contribution is 2.17. The topological polar surface area (TPSA) is 52.7 Å². The number of aryl methyl sites for hydroxylation is 2. The van der Waals surface area contributed by atoms with Crippen LogP contribution in [0.1, 0.15) is 27.9 Å². The van der Waals surface area contributed by atoms with Gasteiger partial charge in [-0.05, 0) is 43.5 Å². The highest BCUT2D eigenvalue weighted by Gasteiger charge is 2.31. The van der Waals surface area contributed by atoms with Gasteiger partial charge in [0.15, 0.2) is 0 Å². The number of benzene rings is 1. The van der Waals surface area contributed by atoms with Gasteiger partial charge in [0.2, 0.25) is 5.91 Å². The van der Waals surface area contributed by atoms with E-state index in [-0.39, 0.29) is 31.4 Å². The molecule has 1 aromatic carbocycles. The van der Waals surface area contributed by atoms with Crippen molar-refractivity contribution in [1.29, 1.82) is 0 Å². The molecule has 8 heteroatoms. The van der Waals surface area contributed by atoms with Gasteiger partial charge in [-0.3, -0.25) is 14.5 Å². The van der Waals surface area contributed by atoms with E-state index < -0.39 is 12.7 Å². The summed E-state index contributed by atoms with van der Waals surface area (Å²) in [6, 6.07) is 5.30. The Morgan fingerprint density at radius 2 is 1.81 bits per heavy atom. The molecule has 1 saturated heterocycles. The molecule has 2 rings (SSSR count). The van der Waals surface area contributed by atoms with E-state index in [1.807, 2.05) is 19.9 Å². The number of rotatable bonds is 4. The molecule has 26 heavy (non-hydrogen) atoms. The van der Waals surface area contributed by atoms with Crippen molar-refractivity contribution in [3.05, 3.63) is 34.9 Å². The van der Waals surface area contributed by atoms with Crippen molar-refractivity contribution >= 4 is 11.8 Å². The summed E-state index contributed by atoms with van der Waals surface area (Å²) in [7, 11) is 0. The lowest BCUT2D eigenvalue weighted by atomic mass is 10.1. The maximum absolute atomic E-state index is 12.5. The van der Waals surface area contributed by atoms with Gasteiger partial charge in [0.25, 0.3) is 5.91 Å². The van der Waals surface area contributed by atoms with Crippen LogP contribution in [0.2, 0.25) is 0 Å². The molecule has 1 aliphatic heterocycles. The van der Waals surface area contributed by atoms with Crippen molar-refractivity contribution in [2.45, 2.75) is 26.4 Å². The second-order valence-corrected chi connectivity index (χ2v) is 6.61. The summed E-state index contributed by atoms with van der Waals surface area (Å²) in [5.74, 6) is -0.619. The minimum atomic E-state index is -4.24. The molecule has 1 N–H and O–H groups in total. The normalized spacial score (nSPS) is 16.3. The van der Waals surface area contributed by atoms with Crippen LogP contribution in [0.4, 0.5) is 13.2 Å². The van der Waals surface area contributed by atoms with Crippen LogP contribution in [-0.2, 0) is 4.79 Å². The van der Waals surface area contributed by atoms with Gasteiger partial charge in [-0.2, -0.15) is 13.2 Å². The highest BCUT2D eigenvalue weighted by molar-refractivity contribution is 5.96. The van der Waals surface area contributed by atoms with Crippen molar-refractivity contribution in [2.24, 2.45) is 0 Å². The Morgan fingerprint density at radius 1 is 1.08 bits per heavy atom. The molecule has 1 aliphatic rings. The van der Waals surface area contributed by atoms with Gasteiger partial charge in [-0.1, -0.05) is 6.07 Å². The fraction of sp³-hybridized carbons (Fsp3) is 0.556. The van der Waals surface area contributed by atoms with Crippen molar-refractivity contribution < 1.29 is 22.8 Å². The Morgan fingerprint density at radius 3 is 2.46 bits per heavy atom. The molecule has 0 radical (unpaired) electrons. The number of hydrogen-bond acceptors (Lipinski definition) is 3. The zero-order chi connectivity index (χ0) is 19.3. The van der Waals surface area contributed by atoms with Gasteiger partial charge in [-0.25, -0.2) is 0 Å². The van der Waals surface area contributed by atoms with Gasteiger partial charge >= 0.3 is 6.18 Å². The van der Waals surface area contributed by atoms with E-state index in [1.165, 1.54) is 9.80 Å². The Hall–Kier alpha value is -2.09. The molecule has 0 spiro atoms. The van der Waals surface area contributed by atoms with Crippen LogP contribution in [0, 0.1) is 13.8 Å². The van der Waals surface area contributed by atoms with Gasteiger partial charge in [0, 0.05) is 31.7 Å². The van der Waals surface area contributed by atoms with Crippen molar-refractivity contribution in [3.8, 4) is 0 Å². The summed E-state index contributed by atoms with van der Waals surface area (Å²) in [5.41, 5.74) is 2.54. The molecule has 144 valence electrons. The number of nitrogens with one attached hydrogen (secondary N) is 1. The fourth-order valence-corrected chi connectivity index (χ4v) is 2.88. The van der Waals surface area contributed by atoms with Gasteiger partial charge in [0.1, 0.15) is 0 Å². The lowest BCUT2D eigenvalue weighted by Crippen LogP contribution is -2.42. The molecule has 0 aliphatic carbocycles. The average Bonchev–Trinajstić information content (AvgIpc) is 2.78. The number of alkyl halides is 3. The maximum atomic E-state index is 12.5. The van der Waals surface area contributed by atoms with E-state index in [2.05, 4.69) is 5.32 Å². The number of carbonyl (C=O) groups is 2. The van der Waals surface area contributed by atoms with Crippen LogP contribution in [0.3, 0.4) is 0 Å². The second-order valence-electron chi connectivity index (χ2n) is 6.61. The Bertz CT molecular complexity index is 662. The molecule has 0 saturated carbocycles. The molecule has 5 nitrogen and oxygen atoms in total. The van der Waals surface area contributed by atoms with Gasteiger partial charge in [-0.15, -0.1) is 0 Å². The van der Waals surface area contributed by atoms with Crippen LogP contribution >= 0.6 is 0 Å². The molecule has 2 amide bonds. The van der Waals surface area contributed by atoms with Gasteiger partial charge < -0.3 is 10.2 Å². The second kappa shape index (κ2) is 8.53. The van der Waals surface area contributed by atoms with Crippen LogP contribution in [0.15, 0.2) is 18.2 Å². The first-order chi connectivity index (χ1) is 12.2. The third-order valence-electron chi connectivity index (χ3n) is 4.51. The molecule has 0 unspecified atom stereocenters. The van der Waals surface area contributed by atoms with Crippen molar-refractivity contribution in [2.75, 3.05) is 39.3 Å². The summed E-state index contributed by atoms with van der Waals surface area (Å²) in [5, 5.41) is 2.59. The van der Waals surface area contributed by atoms with E-state index in [9.17, 15) is 22.8 Å². The van der Waals surface area contributed by atoms with Crippen molar-refractivity contribution in [3.63, 3.8) is 0 Å². The molecule has 1 fully saturated rings. The van der Waals surface area contributed by atoms with E-state index in [0.29, 0.717) is 25.1 Å². The number of carbonyl (C=O) groups excluding carboxylic acids is 2. The van der Waals surface area contributed by atoms with Crippen LogP contribution in [0.25, 0.3) is 0 Å². The minimum absolute atomic E-state index is 0.162. The zero-order valence-electron chi connectivity index (χ0n) is 15.0. The largest absolute Gasteiger partial charge is 0.401 e. The monoisotopic (exact) mass is 371 g/mol. The third-order valence-corrected chi connectivity index (χ3v) is 4.51. The average molecular weight is 371 g/mol. The number of hydrogen-bond donors (Lipinski definition) is 1. The SMILES string of the molecule is Cc1ccc(C(=O)NCC(=O)N2CCCN(CC(F)(F)F)CC2)cc1C. The highest BCUT2D eigenvalue weighted by atomic mass is 19.4. The molecular weight excluding hydrogens is 347 g/mol. The van der Waals surface area contributed by atoms with E-state index in [4.69, 9.17) is 0 Å². The molecule has 1 heterocycles.